The van der Waals surface area contributed by atoms with Crippen LogP contribution in [0.1, 0.15) is 54.6 Å². The molecule has 0 fully saturated rings. The van der Waals surface area contributed by atoms with E-state index in [1.807, 2.05) is 83.8 Å². The topological polar surface area (TPSA) is 170 Å². The standard InChI is InChI=1S/C42H27N3O3S.C29H17N3O4S/c46-40(28-23-24-38-32(27-28)31-17-7-12-22-37(31)49(38,47)48)41-43-26-25-39(44-41)45-35-20-10-8-18-33(35)42(29-13-3-1-4-14-29,30-15-5-2-6-16-30)34-19-9-11-21-36(34)45;33-28(18-13-14-26-20(17-18)19-7-1-6-12-25(19)37(26,34)35)29-30-16-15-27(31-29)32-21-8-2-4-10-23(21)36-24-11-5-3-9-22(24)32/h1-27H;1-17H. The lowest BCUT2D eigenvalue weighted by molar-refractivity contribution is 0.102. The molecule has 0 radical (unpaired) electrons. The van der Waals surface area contributed by atoms with Crippen molar-refractivity contribution in [3.8, 4) is 33.8 Å². The fourth-order valence-electron chi connectivity index (χ4n) is 12.3. The zero-order chi connectivity index (χ0) is 58.3. The number of carbonyl (C=O) groups is 2. The van der Waals surface area contributed by atoms with E-state index in [9.17, 15) is 26.4 Å². The van der Waals surface area contributed by atoms with Gasteiger partial charge in [-0.1, -0.05) is 158 Å². The molecule has 86 heavy (non-hydrogen) atoms. The van der Waals surface area contributed by atoms with Gasteiger partial charge in [0, 0.05) is 45.8 Å². The van der Waals surface area contributed by atoms with Gasteiger partial charge in [0.15, 0.2) is 11.5 Å². The molecule has 16 rings (SSSR count). The molecule has 0 saturated heterocycles. The first-order chi connectivity index (χ1) is 42.0. The van der Waals surface area contributed by atoms with Crippen LogP contribution in [0.15, 0.2) is 287 Å². The maximum atomic E-state index is 14.0. The molecule has 4 aliphatic heterocycles. The number of aromatic nitrogens is 4. The number of hydrogen-bond acceptors (Lipinski definition) is 13. The number of carbonyl (C=O) groups excluding carboxylic acids is 2. The van der Waals surface area contributed by atoms with Crippen molar-refractivity contribution in [3.63, 3.8) is 0 Å². The lowest BCUT2D eigenvalue weighted by Gasteiger charge is -2.46. The number of para-hydroxylation sites is 6. The first-order valence-electron chi connectivity index (χ1n) is 27.5. The normalized spacial score (nSPS) is 14.4. The molecule has 0 unspecified atom stereocenters. The molecule has 0 N–H and O–H groups in total. The summed E-state index contributed by atoms with van der Waals surface area (Å²) in [6, 6.07) is 79.5. The Bertz CT molecular complexity index is 4910. The smallest absolute Gasteiger partial charge is 0.230 e. The summed E-state index contributed by atoms with van der Waals surface area (Å²) in [6.07, 6.45) is 3.15. The summed E-state index contributed by atoms with van der Waals surface area (Å²) in [5.74, 6) is 1.63. The van der Waals surface area contributed by atoms with Gasteiger partial charge in [0.1, 0.15) is 11.6 Å². The number of nitrogens with zero attached hydrogens (tertiary/aromatic N) is 6. The minimum atomic E-state index is -3.65. The molecular formula is C71H44N6O7S2. The molecule has 15 heteroatoms. The van der Waals surface area contributed by atoms with Crippen LogP contribution in [0.2, 0.25) is 0 Å². The maximum Gasteiger partial charge on any atom is 0.230 e. The number of ether oxygens (including phenoxy) is 1. The number of sulfone groups is 2. The van der Waals surface area contributed by atoms with Crippen LogP contribution in [-0.2, 0) is 25.1 Å². The van der Waals surface area contributed by atoms with E-state index in [0.717, 1.165) is 45.0 Å². The minimum absolute atomic E-state index is 0.00745. The molecule has 0 saturated carbocycles. The molecule has 2 aromatic heterocycles. The summed E-state index contributed by atoms with van der Waals surface area (Å²) in [5, 5.41) is 0. The van der Waals surface area contributed by atoms with Crippen LogP contribution < -0.4 is 14.5 Å². The molecule has 10 aromatic carbocycles. The molecule has 13 nitrogen and oxygen atoms in total. The molecule has 412 valence electrons. The van der Waals surface area contributed by atoms with Crippen molar-refractivity contribution >= 4 is 65.6 Å². The molecule has 0 amide bonds. The molecule has 12 aromatic rings. The van der Waals surface area contributed by atoms with Gasteiger partial charge >= 0.3 is 0 Å². The maximum absolute atomic E-state index is 14.0. The Morgan fingerprint density at radius 3 is 1.17 bits per heavy atom. The Balaban J connectivity index is 0.000000151. The second kappa shape index (κ2) is 20.1. The van der Waals surface area contributed by atoms with Gasteiger partial charge in [0.05, 0.1) is 47.7 Å². The second-order valence-corrected chi connectivity index (χ2v) is 24.6. The minimum Gasteiger partial charge on any atom is -0.453 e. The summed E-state index contributed by atoms with van der Waals surface area (Å²) in [6.45, 7) is 0. The Morgan fingerprint density at radius 2 is 0.721 bits per heavy atom. The van der Waals surface area contributed by atoms with E-state index in [1.165, 1.54) is 18.2 Å². The molecule has 0 atom stereocenters. The van der Waals surface area contributed by atoms with Crippen LogP contribution in [0.5, 0.6) is 11.5 Å². The third-order valence-corrected chi connectivity index (χ3v) is 19.8. The van der Waals surface area contributed by atoms with Crippen molar-refractivity contribution in [3.05, 3.63) is 312 Å². The highest BCUT2D eigenvalue weighted by molar-refractivity contribution is 7.92. The van der Waals surface area contributed by atoms with Crippen LogP contribution in [0.3, 0.4) is 0 Å². The van der Waals surface area contributed by atoms with Crippen LogP contribution in [-0.4, -0.2) is 48.3 Å². The molecule has 4 aliphatic rings. The molecule has 0 bridgehead atoms. The summed E-state index contributed by atoms with van der Waals surface area (Å²) in [5.41, 5.74) is 10.1. The van der Waals surface area contributed by atoms with Crippen LogP contribution in [0.25, 0.3) is 22.3 Å². The van der Waals surface area contributed by atoms with E-state index in [4.69, 9.17) is 9.72 Å². The fourth-order valence-corrected chi connectivity index (χ4v) is 15.7. The highest BCUT2D eigenvalue weighted by atomic mass is 32.2. The number of ketones is 2. The van der Waals surface area contributed by atoms with E-state index >= 15 is 0 Å². The van der Waals surface area contributed by atoms with E-state index < -0.39 is 36.7 Å². The third kappa shape index (κ3) is 8.04. The van der Waals surface area contributed by atoms with Gasteiger partial charge in [-0.15, -0.1) is 0 Å². The number of benzene rings is 10. The lowest BCUT2D eigenvalue weighted by atomic mass is 9.62. The van der Waals surface area contributed by atoms with Crippen molar-refractivity contribution in [1.29, 1.82) is 0 Å². The first-order valence-corrected chi connectivity index (χ1v) is 30.5. The largest absolute Gasteiger partial charge is 0.453 e. The average molecular weight is 1160 g/mol. The van der Waals surface area contributed by atoms with E-state index in [2.05, 4.69) is 105 Å². The SMILES string of the molecule is O=C(c1ccc2c(c1)-c1ccccc1S2(=O)=O)c1nccc(N2c3ccccc3C(c3ccccc3)(c3ccccc3)c3ccccc32)n1.O=C(c1ccc2c(c1)-c1ccccc1S2(=O)=O)c1nccc(N2c3ccccc3Oc3ccccc32)n1. The van der Waals surface area contributed by atoms with Crippen LogP contribution >= 0.6 is 0 Å². The van der Waals surface area contributed by atoms with Crippen LogP contribution in [0, 0.1) is 0 Å². The lowest BCUT2D eigenvalue weighted by Crippen LogP contribution is -2.38. The molecule has 0 spiro atoms. The van der Waals surface area contributed by atoms with Gasteiger partial charge in [-0.3, -0.25) is 19.4 Å². The quantitative estimate of drug-likeness (QED) is 0.132. The Kier molecular flexibility index (Phi) is 12.1. The van der Waals surface area contributed by atoms with Crippen molar-refractivity contribution < 1.29 is 31.2 Å². The molecular weight excluding hydrogens is 1110 g/mol. The summed E-state index contributed by atoms with van der Waals surface area (Å²) < 4.78 is 58.2. The predicted molar refractivity (Wildman–Crippen MR) is 327 cm³/mol. The van der Waals surface area contributed by atoms with Gasteiger partial charge < -0.3 is 4.74 Å². The number of fused-ring (bicyclic) bond motifs is 10. The second-order valence-electron chi connectivity index (χ2n) is 20.8. The average Bonchev–Trinajstić information content (AvgIpc) is 2.12. The van der Waals surface area contributed by atoms with Crippen LogP contribution in [0.4, 0.5) is 34.4 Å². The number of anilines is 6. The predicted octanol–water partition coefficient (Wildman–Crippen LogP) is 14.8. The summed E-state index contributed by atoms with van der Waals surface area (Å²) in [7, 11) is -7.26. The van der Waals surface area contributed by atoms with Gasteiger partial charge in [-0.05, 0) is 119 Å². The molecule has 0 aliphatic carbocycles. The van der Waals surface area contributed by atoms with E-state index in [0.29, 0.717) is 56.5 Å². The summed E-state index contributed by atoms with van der Waals surface area (Å²) >= 11 is 0. The Labute approximate surface area is 494 Å². The highest BCUT2D eigenvalue weighted by Crippen LogP contribution is 2.58. The summed E-state index contributed by atoms with van der Waals surface area (Å²) in [4.78, 5) is 50.6. The molecule has 6 heterocycles. The number of rotatable bonds is 8. The Morgan fingerprint density at radius 1 is 0.360 bits per heavy atom. The Hall–Kier alpha value is -11.0. The van der Waals surface area contributed by atoms with E-state index in [1.54, 1.807) is 85.2 Å². The first kappa shape index (κ1) is 51.8. The van der Waals surface area contributed by atoms with E-state index in [-0.39, 0.29) is 31.2 Å². The van der Waals surface area contributed by atoms with Gasteiger partial charge in [-0.2, -0.15) is 0 Å². The van der Waals surface area contributed by atoms with Gasteiger partial charge in [-0.25, -0.2) is 36.8 Å². The fraction of sp³-hybridized carbons (Fsp3) is 0.0141. The zero-order valence-corrected chi connectivity index (χ0v) is 46.9. The van der Waals surface area contributed by atoms with Crippen molar-refractivity contribution in [2.24, 2.45) is 0 Å². The highest BCUT2D eigenvalue weighted by Gasteiger charge is 2.47. The zero-order valence-electron chi connectivity index (χ0n) is 45.3. The van der Waals surface area contributed by atoms with Crippen molar-refractivity contribution in [2.75, 3.05) is 9.80 Å². The third-order valence-electron chi connectivity index (χ3n) is 16.1. The van der Waals surface area contributed by atoms with Gasteiger partial charge in [0.25, 0.3) is 0 Å². The number of hydrogen-bond donors (Lipinski definition) is 0. The van der Waals surface area contributed by atoms with Crippen molar-refractivity contribution in [1.82, 2.24) is 19.9 Å². The van der Waals surface area contributed by atoms with Crippen molar-refractivity contribution in [2.45, 2.75) is 25.0 Å². The monoisotopic (exact) mass is 1160 g/mol. The van der Waals surface area contributed by atoms with Gasteiger partial charge in [0.2, 0.25) is 42.9 Å².